The van der Waals surface area contributed by atoms with Gasteiger partial charge in [0.05, 0.1) is 29.2 Å². The lowest BCUT2D eigenvalue weighted by Crippen LogP contribution is -2.64. The summed E-state index contributed by atoms with van der Waals surface area (Å²) < 4.78 is 24.0. The zero-order valence-corrected chi connectivity index (χ0v) is 37.6. The second-order valence-electron chi connectivity index (χ2n) is 16.8. The minimum Gasteiger partial charge on any atom is -0.461 e. The van der Waals surface area contributed by atoms with E-state index in [1.165, 1.54) is 10.5 Å². The second-order valence-corrected chi connectivity index (χ2v) is 16.8. The van der Waals surface area contributed by atoms with Crippen molar-refractivity contribution in [2.75, 3.05) is 6.54 Å². The highest BCUT2D eigenvalue weighted by Crippen LogP contribution is 2.50. The number of hydrogen-bond acceptors (Lipinski definition) is 9. The molecule has 340 valence electrons. The van der Waals surface area contributed by atoms with Gasteiger partial charge in [-0.2, -0.15) is 0 Å². The Labute approximate surface area is 386 Å². The third-order valence-corrected chi connectivity index (χ3v) is 12.3. The number of carbonyl (C=O) groups excluding carboxylic acids is 5. The highest BCUT2D eigenvalue weighted by atomic mass is 16.6. The zero-order valence-electron chi connectivity index (χ0n) is 37.6. The molecular weight excluding hydrogens is 831 g/mol. The van der Waals surface area contributed by atoms with Gasteiger partial charge in [0.1, 0.15) is 19.8 Å². The first kappa shape index (κ1) is 46.9. The summed E-state index contributed by atoms with van der Waals surface area (Å²) in [5.41, 5.74) is 4.57. The van der Waals surface area contributed by atoms with Crippen molar-refractivity contribution in [3.05, 3.63) is 191 Å². The van der Waals surface area contributed by atoms with Crippen LogP contribution in [0.2, 0.25) is 0 Å². The summed E-state index contributed by atoms with van der Waals surface area (Å²) in [6, 6.07) is 48.6. The Morgan fingerprint density at radius 3 is 1.45 bits per heavy atom. The van der Waals surface area contributed by atoms with Gasteiger partial charge in [-0.1, -0.05) is 165 Å². The van der Waals surface area contributed by atoms with Crippen molar-refractivity contribution in [2.45, 2.75) is 78.4 Å². The Morgan fingerprint density at radius 2 is 0.970 bits per heavy atom. The van der Waals surface area contributed by atoms with Gasteiger partial charge in [-0.3, -0.25) is 19.2 Å². The number of hydrogen-bond donors (Lipinski definition) is 0. The van der Waals surface area contributed by atoms with E-state index in [-0.39, 0.29) is 32.8 Å². The molecule has 10 heteroatoms. The summed E-state index contributed by atoms with van der Waals surface area (Å²) in [4.78, 5) is 74.6. The fourth-order valence-corrected chi connectivity index (χ4v) is 8.87. The second kappa shape index (κ2) is 23.2. The minimum absolute atomic E-state index is 0.121. The molecule has 6 aromatic rings. The van der Waals surface area contributed by atoms with Crippen LogP contribution in [-0.2, 0) is 64.4 Å². The van der Waals surface area contributed by atoms with Crippen LogP contribution in [0.25, 0.3) is 10.8 Å². The number of ether oxygens (including phenoxy) is 4. The Morgan fingerprint density at radius 1 is 0.515 bits per heavy atom. The molecule has 1 aliphatic rings. The molecule has 0 aliphatic heterocycles. The van der Waals surface area contributed by atoms with Crippen LogP contribution < -0.4 is 0 Å². The summed E-state index contributed by atoms with van der Waals surface area (Å²) in [7, 11) is 0. The van der Waals surface area contributed by atoms with Crippen LogP contribution in [-0.4, -0.2) is 47.5 Å². The molecule has 6 aromatic carbocycles. The van der Waals surface area contributed by atoms with Crippen LogP contribution >= 0.6 is 0 Å². The third kappa shape index (κ3) is 11.8. The maximum atomic E-state index is 15.5. The number of nitrogens with zero attached hydrogens (tertiary/aromatic N) is 1. The van der Waals surface area contributed by atoms with E-state index in [1.807, 2.05) is 111 Å². The third-order valence-electron chi connectivity index (χ3n) is 12.3. The molecule has 0 aromatic heterocycles. The van der Waals surface area contributed by atoms with Crippen LogP contribution in [0.5, 0.6) is 0 Å². The average molecular weight is 888 g/mol. The number of rotatable bonds is 21. The molecule has 0 bridgehead atoms. The predicted molar refractivity (Wildman–Crippen MR) is 251 cm³/mol. The minimum atomic E-state index is -1.42. The maximum Gasteiger partial charge on any atom is 0.340 e. The molecule has 66 heavy (non-hydrogen) atoms. The van der Waals surface area contributed by atoms with Crippen molar-refractivity contribution in [2.24, 2.45) is 23.7 Å². The fraction of sp³-hybridized carbons (Fsp3) is 0.304. The first-order valence-corrected chi connectivity index (χ1v) is 22.9. The lowest BCUT2D eigenvalue weighted by atomic mass is 9.55. The van der Waals surface area contributed by atoms with E-state index in [9.17, 15) is 19.2 Å². The molecule has 3 atom stereocenters. The van der Waals surface area contributed by atoms with E-state index in [4.69, 9.17) is 18.9 Å². The highest BCUT2D eigenvalue weighted by Gasteiger charge is 2.66. The highest BCUT2D eigenvalue weighted by molar-refractivity contribution is 6.06. The maximum absolute atomic E-state index is 15.5. The van der Waals surface area contributed by atoms with Crippen molar-refractivity contribution in [1.82, 2.24) is 4.90 Å². The molecule has 0 N–H and O–H groups in total. The van der Waals surface area contributed by atoms with Crippen molar-refractivity contribution in [3.63, 3.8) is 0 Å². The molecule has 1 fully saturated rings. The molecule has 0 saturated heterocycles. The Bertz CT molecular complexity index is 2480. The smallest absolute Gasteiger partial charge is 0.340 e. The number of unbranched alkanes of at least 4 members (excludes halogenated alkanes) is 2. The largest absolute Gasteiger partial charge is 0.461 e. The molecule has 1 saturated carbocycles. The van der Waals surface area contributed by atoms with Gasteiger partial charge < -0.3 is 23.8 Å². The lowest BCUT2D eigenvalue weighted by molar-refractivity contribution is -0.200. The van der Waals surface area contributed by atoms with Gasteiger partial charge in [0.2, 0.25) is 5.91 Å². The van der Waals surface area contributed by atoms with Gasteiger partial charge >= 0.3 is 23.9 Å². The predicted octanol–water partition coefficient (Wildman–Crippen LogP) is 10.4. The van der Waals surface area contributed by atoms with Crippen molar-refractivity contribution in [3.8, 4) is 0 Å². The molecule has 7 rings (SSSR count). The van der Waals surface area contributed by atoms with E-state index in [0.717, 1.165) is 35.6 Å². The number of carbonyl (C=O) groups is 5. The summed E-state index contributed by atoms with van der Waals surface area (Å²) in [5, 5.41) is 1.62. The van der Waals surface area contributed by atoms with Gasteiger partial charge in [0, 0.05) is 13.0 Å². The molecule has 0 radical (unpaired) electrons. The Balaban J connectivity index is 1.23. The van der Waals surface area contributed by atoms with Crippen LogP contribution in [0, 0.1) is 30.6 Å². The van der Waals surface area contributed by atoms with Crippen LogP contribution in [0.3, 0.4) is 0 Å². The number of benzene rings is 6. The van der Waals surface area contributed by atoms with E-state index in [2.05, 4.69) is 12.1 Å². The number of aryl methyl sites for hydroxylation is 2. The Kier molecular flexibility index (Phi) is 16.5. The average Bonchev–Trinajstić information content (AvgIpc) is 3.34. The topological polar surface area (TPSA) is 126 Å². The van der Waals surface area contributed by atoms with Gasteiger partial charge in [0.25, 0.3) is 0 Å². The monoisotopic (exact) mass is 887 g/mol. The van der Waals surface area contributed by atoms with Gasteiger partial charge in [-0.25, -0.2) is 4.79 Å². The normalized spacial score (nSPS) is 16.9. The zero-order chi connectivity index (χ0) is 46.3. The fourth-order valence-electron chi connectivity index (χ4n) is 8.87. The van der Waals surface area contributed by atoms with Gasteiger partial charge in [-0.05, 0) is 77.3 Å². The number of amides is 1. The molecule has 1 aliphatic carbocycles. The summed E-state index contributed by atoms with van der Waals surface area (Å²) >= 11 is 0. The standard InChI is InChI=1S/C56H57NO9/c1-3-35-57(46(34-18-8-11-24-40-22-9-4-10-23-40)66-53(59)45-33-20-32-44-31-19-21-39(2)47(44)45)52(58)48-49(54(60)63-36-41-25-12-5-13-26-41)51(56(62)65-38-43-29-16-7-17-30-43)50(48)55(61)64-37-42-27-14-6-15-28-42/h4-7,9-10,12-17,19-23,25-33,46,48-51H,3,8,11,18,24,34-38H2,1-2H3/t46-,48?,49?,50?,51?/m1/s1. The summed E-state index contributed by atoms with van der Waals surface area (Å²) in [5.74, 6) is -9.36. The summed E-state index contributed by atoms with van der Waals surface area (Å²) in [6.07, 6.45) is 2.80. The molecule has 0 spiro atoms. The van der Waals surface area contributed by atoms with E-state index in [0.29, 0.717) is 35.1 Å². The number of esters is 4. The van der Waals surface area contributed by atoms with Crippen molar-refractivity contribution in [1.29, 1.82) is 0 Å². The number of fused-ring (bicyclic) bond motifs is 1. The summed E-state index contributed by atoms with van der Waals surface area (Å²) in [6.45, 7) is 3.59. The molecule has 1 amide bonds. The van der Waals surface area contributed by atoms with Crippen LogP contribution in [0.4, 0.5) is 0 Å². The van der Waals surface area contributed by atoms with Crippen molar-refractivity contribution >= 4 is 40.6 Å². The van der Waals surface area contributed by atoms with E-state index >= 15 is 4.79 Å². The van der Waals surface area contributed by atoms with Crippen LogP contribution in [0.15, 0.2) is 158 Å². The van der Waals surface area contributed by atoms with Gasteiger partial charge in [0.15, 0.2) is 6.23 Å². The van der Waals surface area contributed by atoms with Gasteiger partial charge in [-0.15, -0.1) is 0 Å². The SMILES string of the molecule is CCCN(C(=O)C1C(C(=O)OCc2ccccc2)C(C(=O)OCc2ccccc2)C1C(=O)OCc1ccccc1)[C@@H](CCCCCc1ccccc1)OC(=O)c1cccc2cccc(C)c12. The van der Waals surface area contributed by atoms with E-state index in [1.54, 1.807) is 48.5 Å². The van der Waals surface area contributed by atoms with Crippen molar-refractivity contribution < 1.29 is 42.9 Å². The van der Waals surface area contributed by atoms with E-state index < -0.39 is 59.7 Å². The first-order valence-electron chi connectivity index (χ1n) is 22.9. The molecule has 2 unspecified atom stereocenters. The molecule has 0 heterocycles. The van der Waals surface area contributed by atoms with Crippen LogP contribution in [0.1, 0.15) is 77.2 Å². The first-order chi connectivity index (χ1) is 32.2. The quantitative estimate of drug-likeness (QED) is 0.0301. The molecular formula is C56H57NO9. The molecule has 10 nitrogen and oxygen atoms in total. The Hall–Kier alpha value is -7.07. The lowest BCUT2D eigenvalue weighted by Gasteiger charge is -2.48.